The summed E-state index contributed by atoms with van der Waals surface area (Å²) >= 11 is 0. The normalized spacial score (nSPS) is 25.6. The van der Waals surface area contributed by atoms with E-state index < -0.39 is 110 Å². The number of carbonyl (C=O) groups excluding carboxylic acids is 7. The van der Waals surface area contributed by atoms with Gasteiger partial charge < -0.3 is 91.0 Å². The first kappa shape index (κ1) is 58.1. The van der Waals surface area contributed by atoms with Gasteiger partial charge >= 0.3 is 0 Å². The van der Waals surface area contributed by atoms with Crippen LogP contribution in [0.1, 0.15) is 72.6 Å². The molecule has 2 aliphatic rings. The van der Waals surface area contributed by atoms with Gasteiger partial charge in [-0.1, -0.05) is 13.8 Å². The van der Waals surface area contributed by atoms with E-state index >= 15 is 0 Å². The van der Waals surface area contributed by atoms with Crippen molar-refractivity contribution in [2.45, 2.75) is 140 Å². The van der Waals surface area contributed by atoms with Crippen molar-refractivity contribution in [1.29, 1.82) is 0 Å². The summed E-state index contributed by atoms with van der Waals surface area (Å²) in [5, 5.41) is 75.6. The van der Waals surface area contributed by atoms with Crippen LogP contribution in [-0.2, 0) is 62.0 Å². The fourth-order valence-corrected chi connectivity index (χ4v) is 6.68. The number of ether oxygens (including phenoxy) is 6. The summed E-state index contributed by atoms with van der Waals surface area (Å²) < 4.78 is 33.2. The van der Waals surface area contributed by atoms with Gasteiger partial charge in [-0.2, -0.15) is 0 Å². The van der Waals surface area contributed by atoms with Gasteiger partial charge in [-0.05, 0) is 19.3 Å². The maximum absolute atomic E-state index is 13.2. The average molecular weight is 953 g/mol. The number of ketones is 1. The van der Waals surface area contributed by atoms with E-state index in [0.717, 1.165) is 0 Å². The van der Waals surface area contributed by atoms with Crippen LogP contribution in [0, 0.1) is 5.92 Å². The highest BCUT2D eigenvalue weighted by atomic mass is 16.7. The van der Waals surface area contributed by atoms with Crippen molar-refractivity contribution >= 4 is 41.2 Å². The number of Topliss-reactive ketones (excluding diaryl/α,β-unsaturated/α-hetero) is 1. The fraction of sp³-hybridized carbons (Fsp3) is 0.829. The van der Waals surface area contributed by atoms with Gasteiger partial charge in [-0.25, -0.2) is 0 Å². The molecule has 11 atom stereocenters. The van der Waals surface area contributed by atoms with Crippen molar-refractivity contribution in [2.75, 3.05) is 72.5 Å². The van der Waals surface area contributed by atoms with E-state index in [0.29, 0.717) is 12.8 Å². The molecule has 12 N–H and O–H groups in total. The van der Waals surface area contributed by atoms with Gasteiger partial charge in [0.25, 0.3) is 0 Å². The number of aliphatic hydroxyl groups is 6. The summed E-state index contributed by atoms with van der Waals surface area (Å²) in [4.78, 5) is 86.0. The first-order chi connectivity index (χ1) is 31.4. The van der Waals surface area contributed by atoms with Gasteiger partial charge in [0, 0.05) is 65.1 Å². The second kappa shape index (κ2) is 31.9. The smallest absolute Gasteiger partial charge is 0.242 e. The number of aliphatic hydroxyl groups excluding tert-OH is 6. The van der Waals surface area contributed by atoms with Crippen molar-refractivity contribution in [3.63, 3.8) is 0 Å². The monoisotopic (exact) mass is 952 g/mol. The minimum Gasteiger partial charge on any atom is -0.394 e. The maximum Gasteiger partial charge on any atom is 0.242 e. The molecule has 380 valence electrons. The van der Waals surface area contributed by atoms with Crippen LogP contribution in [0.2, 0.25) is 0 Å². The van der Waals surface area contributed by atoms with Crippen molar-refractivity contribution in [1.82, 2.24) is 31.9 Å². The lowest BCUT2D eigenvalue weighted by atomic mass is 9.97. The van der Waals surface area contributed by atoms with Crippen molar-refractivity contribution < 1.29 is 92.6 Å². The van der Waals surface area contributed by atoms with Crippen LogP contribution in [0.5, 0.6) is 0 Å². The molecule has 6 amide bonds. The van der Waals surface area contributed by atoms with E-state index in [1.807, 2.05) is 0 Å². The number of carbonyl (C=O) groups is 7. The van der Waals surface area contributed by atoms with E-state index in [4.69, 9.17) is 28.4 Å². The molecule has 2 fully saturated rings. The average Bonchev–Trinajstić information content (AvgIpc) is 3.27. The first-order valence-corrected chi connectivity index (χ1v) is 22.2. The van der Waals surface area contributed by atoms with Crippen LogP contribution in [0.4, 0.5) is 0 Å². The van der Waals surface area contributed by atoms with Gasteiger partial charge in [-0.15, -0.1) is 0 Å². The largest absolute Gasteiger partial charge is 0.394 e. The molecule has 0 spiro atoms. The van der Waals surface area contributed by atoms with Crippen molar-refractivity contribution in [2.24, 2.45) is 5.92 Å². The Morgan fingerprint density at radius 2 is 1.03 bits per heavy atom. The molecule has 0 aliphatic carbocycles. The van der Waals surface area contributed by atoms with Gasteiger partial charge in [0.1, 0.15) is 60.5 Å². The zero-order valence-corrected chi connectivity index (χ0v) is 38.1. The number of rotatable bonds is 32. The second-order valence-corrected chi connectivity index (χ2v) is 16.1. The molecule has 2 aliphatic heterocycles. The third-order valence-corrected chi connectivity index (χ3v) is 10.3. The van der Waals surface area contributed by atoms with Gasteiger partial charge in [0.15, 0.2) is 12.6 Å². The molecule has 2 heterocycles. The molecular weight excluding hydrogens is 880 g/mol. The molecule has 2 rings (SSSR count). The van der Waals surface area contributed by atoms with Crippen LogP contribution < -0.4 is 31.9 Å². The first-order valence-electron chi connectivity index (χ1n) is 22.2. The molecule has 0 aromatic carbocycles. The Hall–Kier alpha value is -3.99. The Bertz CT molecular complexity index is 1510. The van der Waals surface area contributed by atoms with E-state index in [9.17, 15) is 64.2 Å². The minimum absolute atomic E-state index is 0.00710. The Labute approximate surface area is 383 Å². The second-order valence-electron chi connectivity index (χ2n) is 16.1. The third kappa shape index (κ3) is 21.8. The number of amides is 6. The molecule has 0 bridgehead atoms. The Morgan fingerprint density at radius 1 is 0.561 bits per heavy atom. The molecular formula is C41H72N6O19. The maximum atomic E-state index is 13.2. The summed E-state index contributed by atoms with van der Waals surface area (Å²) in [5.41, 5.74) is 0. The van der Waals surface area contributed by atoms with E-state index in [-0.39, 0.29) is 109 Å². The highest BCUT2D eigenvalue weighted by Gasteiger charge is 2.46. The summed E-state index contributed by atoms with van der Waals surface area (Å²) in [6, 6.07) is -3.37. The van der Waals surface area contributed by atoms with Gasteiger partial charge in [0.2, 0.25) is 35.4 Å². The predicted octanol–water partition coefficient (Wildman–Crippen LogP) is -5.27. The zero-order chi connectivity index (χ0) is 49.2. The quantitative estimate of drug-likeness (QED) is 0.0280. The van der Waals surface area contributed by atoms with Gasteiger partial charge in [0.05, 0.1) is 52.9 Å². The SMILES string of the molecule is CC(=O)NC1C(OCCOCCNC(=O)CCC(NC(=O)CCCNC(=O)CCCC(=O)C(C)C)C(=O)NCCOCCOC2OC(CO)C(O)C(O)C2NC(C)=O)OC(CO)C(O)C1O. The number of hydrogen-bond acceptors (Lipinski definition) is 19. The lowest BCUT2D eigenvalue weighted by molar-refractivity contribution is -0.272. The third-order valence-electron chi connectivity index (χ3n) is 10.3. The van der Waals surface area contributed by atoms with Crippen LogP contribution in [0.3, 0.4) is 0 Å². The summed E-state index contributed by atoms with van der Waals surface area (Å²) in [7, 11) is 0. The molecule has 11 unspecified atom stereocenters. The molecule has 0 aromatic rings. The van der Waals surface area contributed by atoms with E-state index in [1.165, 1.54) is 13.8 Å². The topological polar surface area (TPSA) is 368 Å². The summed E-state index contributed by atoms with van der Waals surface area (Å²) in [5.74, 6) is -2.86. The molecule has 0 saturated carbocycles. The lowest BCUT2D eigenvalue weighted by Crippen LogP contribution is -2.64. The summed E-state index contributed by atoms with van der Waals surface area (Å²) in [6.45, 7) is 4.89. The van der Waals surface area contributed by atoms with E-state index in [2.05, 4.69) is 31.9 Å². The number of hydrogen-bond donors (Lipinski definition) is 12. The molecule has 25 heteroatoms. The van der Waals surface area contributed by atoms with Crippen LogP contribution in [-0.4, -0.2) is 212 Å². The Morgan fingerprint density at radius 3 is 1.52 bits per heavy atom. The van der Waals surface area contributed by atoms with Crippen LogP contribution in [0.15, 0.2) is 0 Å². The Balaban J connectivity index is 1.82. The zero-order valence-electron chi connectivity index (χ0n) is 38.1. The fourth-order valence-electron chi connectivity index (χ4n) is 6.68. The Kier molecular flexibility index (Phi) is 28.1. The highest BCUT2D eigenvalue weighted by molar-refractivity contribution is 5.88. The van der Waals surface area contributed by atoms with E-state index in [1.54, 1.807) is 13.8 Å². The molecule has 25 nitrogen and oxygen atoms in total. The molecule has 66 heavy (non-hydrogen) atoms. The highest BCUT2D eigenvalue weighted by Crippen LogP contribution is 2.23. The number of nitrogens with one attached hydrogen (secondary N) is 6. The minimum atomic E-state index is -1.48. The molecule has 2 saturated heterocycles. The molecule has 0 aromatic heterocycles. The van der Waals surface area contributed by atoms with Crippen LogP contribution in [0.25, 0.3) is 0 Å². The predicted molar refractivity (Wildman–Crippen MR) is 227 cm³/mol. The van der Waals surface area contributed by atoms with Gasteiger partial charge in [-0.3, -0.25) is 33.6 Å². The van der Waals surface area contributed by atoms with Crippen molar-refractivity contribution in [3.05, 3.63) is 0 Å². The lowest BCUT2D eigenvalue weighted by Gasteiger charge is -2.42. The van der Waals surface area contributed by atoms with Crippen LogP contribution >= 0.6 is 0 Å². The molecule has 0 radical (unpaired) electrons. The standard InChI is InChI=1S/C41H72N6O19/c1-23(2)27(52)7-5-8-30(53)42-12-6-9-32(55)47-26(39(60)44-14-16-62-18-20-64-41-34(46-25(4)51)38(59)36(57)29(22-49)66-41)10-11-31(54)43-13-15-61-17-19-63-40-33(45-24(3)50)37(58)35(56)28(21-48)65-40/h23,26,28-29,33-38,40-41,48-49,56-59H,5-22H2,1-4H3,(H,42,53)(H,43,54)(H,44,60)(H,45,50)(H,46,51)(H,47,55). The van der Waals surface area contributed by atoms with Crippen molar-refractivity contribution in [3.8, 4) is 0 Å². The summed E-state index contributed by atoms with van der Waals surface area (Å²) in [6.07, 6.45) is -9.76.